The molecule has 1 aromatic carbocycles. The Kier molecular flexibility index (Phi) is 6.26. The molecule has 0 radical (unpaired) electrons. The van der Waals surface area contributed by atoms with E-state index in [1.54, 1.807) is 0 Å². The van der Waals surface area contributed by atoms with Crippen LogP contribution in [0.5, 0.6) is 0 Å². The number of fused-ring (bicyclic) bond motifs is 1. The maximum atomic E-state index is 13.1. The summed E-state index contributed by atoms with van der Waals surface area (Å²) in [4.78, 5) is 15.2. The number of amides is 1. The zero-order valence-electron chi connectivity index (χ0n) is 18.4. The highest BCUT2D eigenvalue weighted by molar-refractivity contribution is 5.93. The second-order valence-corrected chi connectivity index (χ2v) is 8.91. The van der Waals surface area contributed by atoms with Crippen molar-refractivity contribution < 1.29 is 14.3 Å². The number of nitriles is 1. The van der Waals surface area contributed by atoms with Crippen LogP contribution < -0.4 is 5.32 Å². The van der Waals surface area contributed by atoms with Gasteiger partial charge in [0, 0.05) is 17.3 Å². The number of ether oxygens (including phenoxy) is 2. The molecule has 7 heteroatoms. The Balaban J connectivity index is 1.32. The highest BCUT2D eigenvalue weighted by atomic mass is 16.7. The van der Waals surface area contributed by atoms with Crippen LogP contribution in [-0.2, 0) is 27.1 Å². The Labute approximate surface area is 188 Å². The minimum Gasteiger partial charge on any atom is -0.350 e. The Bertz CT molecular complexity index is 996. The van der Waals surface area contributed by atoms with E-state index in [1.165, 1.54) is 0 Å². The van der Waals surface area contributed by atoms with E-state index < -0.39 is 0 Å². The molecule has 0 atom stereocenters. The van der Waals surface area contributed by atoms with Crippen molar-refractivity contribution in [2.24, 2.45) is 5.92 Å². The molecule has 2 fully saturated rings. The van der Waals surface area contributed by atoms with E-state index in [0.29, 0.717) is 37.1 Å². The minimum absolute atomic E-state index is 0.0691. The number of hydrogen-bond acceptors (Lipinski definition) is 5. The van der Waals surface area contributed by atoms with Gasteiger partial charge in [-0.15, -0.1) is 0 Å². The van der Waals surface area contributed by atoms with Gasteiger partial charge in [-0.05, 0) is 69.3 Å². The molecule has 1 aromatic heterocycles. The number of benzene rings is 1. The minimum atomic E-state index is -0.0790. The number of anilines is 1. The average Bonchev–Trinajstić information content (AvgIpc) is 3.46. The quantitative estimate of drug-likeness (QED) is 0.782. The number of carbonyl (C=O) groups is 1. The van der Waals surface area contributed by atoms with Crippen LogP contribution in [-0.4, -0.2) is 54.5 Å². The van der Waals surface area contributed by atoms with Crippen molar-refractivity contribution in [3.8, 4) is 11.8 Å². The molecule has 7 nitrogen and oxygen atoms in total. The van der Waals surface area contributed by atoms with E-state index in [4.69, 9.17) is 9.47 Å². The summed E-state index contributed by atoms with van der Waals surface area (Å²) < 4.78 is 13.4. The summed E-state index contributed by atoms with van der Waals surface area (Å²) in [6, 6.07) is 12.4. The number of nitrogens with one attached hydrogen (secondary N) is 1. The molecule has 168 valence electrons. The summed E-state index contributed by atoms with van der Waals surface area (Å²) in [5.74, 6) is 0.961. The van der Waals surface area contributed by atoms with Crippen molar-refractivity contribution in [1.29, 1.82) is 5.26 Å². The average molecular weight is 435 g/mol. The van der Waals surface area contributed by atoms with Crippen molar-refractivity contribution in [1.82, 2.24) is 9.47 Å². The molecular formula is C25H30N4O3. The van der Waals surface area contributed by atoms with Crippen molar-refractivity contribution in [3.63, 3.8) is 0 Å². The Hall–Kier alpha value is -2.66. The van der Waals surface area contributed by atoms with Crippen molar-refractivity contribution in [2.45, 2.75) is 44.8 Å². The van der Waals surface area contributed by atoms with Gasteiger partial charge in [0.25, 0.3) is 0 Å². The van der Waals surface area contributed by atoms with Gasteiger partial charge in [-0.25, -0.2) is 0 Å². The number of nitrogens with zero attached hydrogens (tertiary/aromatic N) is 3. The molecule has 2 saturated heterocycles. The Morgan fingerprint density at radius 3 is 2.53 bits per heavy atom. The summed E-state index contributed by atoms with van der Waals surface area (Å²) in [5, 5.41) is 13.1. The molecule has 1 N–H and O–H groups in total. The van der Waals surface area contributed by atoms with Crippen LogP contribution in [0, 0.1) is 17.2 Å². The molecule has 5 rings (SSSR count). The van der Waals surface area contributed by atoms with E-state index in [-0.39, 0.29) is 12.2 Å². The highest BCUT2D eigenvalue weighted by Crippen LogP contribution is 2.35. The van der Waals surface area contributed by atoms with Crippen LogP contribution in [0.1, 0.15) is 42.5 Å². The standard InChI is InChI=1S/C25H30N4O3/c26-16-21-20-8-4-5-9-22(20)29(19-6-2-1-3-7-19)24(21)27-23(30)17-28-12-10-18(11-13-28)25-31-14-15-32-25/h1-3,6-7,18,25H,4-5,8-15,17H2,(H,27,30). The molecule has 2 aliphatic heterocycles. The summed E-state index contributed by atoms with van der Waals surface area (Å²) in [5.41, 5.74) is 3.85. The second-order valence-electron chi connectivity index (χ2n) is 8.91. The van der Waals surface area contributed by atoms with Crippen molar-refractivity contribution >= 4 is 11.7 Å². The molecule has 1 aliphatic carbocycles. The first-order valence-corrected chi connectivity index (χ1v) is 11.7. The predicted octanol–water partition coefficient (Wildman–Crippen LogP) is 3.25. The molecule has 0 spiro atoms. The van der Waals surface area contributed by atoms with Crippen LogP contribution in [0.4, 0.5) is 5.82 Å². The van der Waals surface area contributed by atoms with Crippen molar-refractivity contribution in [3.05, 3.63) is 47.2 Å². The lowest BCUT2D eigenvalue weighted by Gasteiger charge is -2.33. The number of carbonyl (C=O) groups excluding carboxylic acids is 1. The van der Waals surface area contributed by atoms with Crippen LogP contribution >= 0.6 is 0 Å². The number of likely N-dealkylation sites (tertiary alicyclic amines) is 1. The molecular weight excluding hydrogens is 404 g/mol. The molecule has 2 aromatic rings. The molecule has 3 heterocycles. The molecule has 0 bridgehead atoms. The van der Waals surface area contributed by atoms with Crippen LogP contribution in [0.2, 0.25) is 0 Å². The zero-order chi connectivity index (χ0) is 21.9. The monoisotopic (exact) mass is 434 g/mol. The topological polar surface area (TPSA) is 79.5 Å². The fourth-order valence-electron chi connectivity index (χ4n) is 5.30. The number of hydrogen-bond donors (Lipinski definition) is 1. The molecule has 0 unspecified atom stereocenters. The van der Waals surface area contributed by atoms with Gasteiger partial charge in [-0.2, -0.15) is 5.26 Å². The van der Waals surface area contributed by atoms with Gasteiger partial charge < -0.3 is 14.8 Å². The van der Waals surface area contributed by atoms with Crippen LogP contribution in [0.25, 0.3) is 5.69 Å². The van der Waals surface area contributed by atoms with Crippen LogP contribution in [0.3, 0.4) is 0 Å². The van der Waals surface area contributed by atoms with E-state index in [0.717, 1.165) is 68.6 Å². The number of aromatic nitrogens is 1. The SMILES string of the molecule is N#Cc1c2c(n(-c3ccccc3)c1NC(=O)CN1CCC(C3OCCO3)CC1)CCCC2. The summed E-state index contributed by atoms with van der Waals surface area (Å²) >= 11 is 0. The lowest BCUT2D eigenvalue weighted by molar-refractivity contribution is -0.119. The second kappa shape index (κ2) is 9.45. The van der Waals surface area contributed by atoms with Gasteiger partial charge in [0.1, 0.15) is 11.9 Å². The Morgan fingerprint density at radius 2 is 1.81 bits per heavy atom. The smallest absolute Gasteiger partial charge is 0.239 e. The van der Waals surface area contributed by atoms with Gasteiger partial charge >= 0.3 is 0 Å². The van der Waals surface area contributed by atoms with E-state index in [1.807, 2.05) is 30.3 Å². The van der Waals surface area contributed by atoms with E-state index in [9.17, 15) is 10.1 Å². The fourth-order valence-corrected chi connectivity index (χ4v) is 5.30. The first-order chi connectivity index (χ1) is 15.7. The van der Waals surface area contributed by atoms with Crippen LogP contribution in [0.15, 0.2) is 30.3 Å². The lowest BCUT2D eigenvalue weighted by Crippen LogP contribution is -2.42. The van der Waals surface area contributed by atoms with E-state index >= 15 is 0 Å². The molecule has 0 saturated carbocycles. The van der Waals surface area contributed by atoms with Gasteiger partial charge in [0.2, 0.25) is 5.91 Å². The summed E-state index contributed by atoms with van der Waals surface area (Å²) in [7, 11) is 0. The van der Waals surface area contributed by atoms with E-state index in [2.05, 4.69) is 20.9 Å². The van der Waals surface area contributed by atoms with Crippen molar-refractivity contribution in [2.75, 3.05) is 38.2 Å². The number of para-hydroxylation sites is 1. The maximum absolute atomic E-state index is 13.1. The third-order valence-corrected chi connectivity index (χ3v) is 6.89. The third kappa shape index (κ3) is 4.18. The van der Waals surface area contributed by atoms with Gasteiger partial charge in [-0.3, -0.25) is 14.3 Å². The van der Waals surface area contributed by atoms with Gasteiger partial charge in [0.05, 0.1) is 25.3 Å². The van der Waals surface area contributed by atoms with Gasteiger partial charge in [-0.1, -0.05) is 18.2 Å². The van der Waals surface area contributed by atoms with Gasteiger partial charge in [0.15, 0.2) is 6.29 Å². The normalized spacial score (nSPS) is 20.1. The lowest BCUT2D eigenvalue weighted by atomic mass is 9.95. The number of rotatable bonds is 5. The number of piperidine rings is 1. The highest BCUT2D eigenvalue weighted by Gasteiger charge is 2.31. The summed E-state index contributed by atoms with van der Waals surface area (Å²) in [6.07, 6.45) is 5.85. The fraction of sp³-hybridized carbons (Fsp3) is 0.520. The zero-order valence-corrected chi connectivity index (χ0v) is 18.4. The molecule has 32 heavy (non-hydrogen) atoms. The predicted molar refractivity (Wildman–Crippen MR) is 121 cm³/mol. The molecule has 1 amide bonds. The third-order valence-electron chi connectivity index (χ3n) is 6.89. The molecule has 3 aliphatic rings. The summed E-state index contributed by atoms with van der Waals surface area (Å²) in [6.45, 7) is 3.39. The largest absolute Gasteiger partial charge is 0.350 e. The maximum Gasteiger partial charge on any atom is 0.239 e. The Morgan fingerprint density at radius 1 is 1.09 bits per heavy atom. The first-order valence-electron chi connectivity index (χ1n) is 11.7. The first kappa shape index (κ1) is 21.2.